The van der Waals surface area contributed by atoms with Crippen molar-refractivity contribution in [1.29, 1.82) is 0 Å². The molecule has 1 amide bonds. The predicted octanol–water partition coefficient (Wildman–Crippen LogP) is 4.10. The zero-order chi connectivity index (χ0) is 20.5. The van der Waals surface area contributed by atoms with E-state index in [1.54, 1.807) is 19.2 Å². The summed E-state index contributed by atoms with van der Waals surface area (Å²) >= 11 is 1.53. The Morgan fingerprint density at radius 3 is 2.70 bits per heavy atom. The number of amides is 1. The van der Waals surface area contributed by atoms with Gasteiger partial charge in [0.25, 0.3) is 5.91 Å². The molecule has 0 spiro atoms. The largest absolute Gasteiger partial charge is 0.497 e. The van der Waals surface area contributed by atoms with Crippen molar-refractivity contribution in [2.24, 2.45) is 0 Å². The van der Waals surface area contributed by atoms with Crippen LogP contribution in [0.25, 0.3) is 32.9 Å². The van der Waals surface area contributed by atoms with Crippen LogP contribution in [0.5, 0.6) is 5.75 Å². The number of carbonyl (C=O) groups excluding carboxylic acids is 1. The standard InChI is InChI=1S/C22H19N3O4S/c1-27-16-5-2-14(3-6-16)21-23-18(13-30-21)20-17-12-15(4-7-19(17)29-24-20)22(26)25-8-10-28-11-9-25/h2-7,12-13H,8-11H2,1H3. The summed E-state index contributed by atoms with van der Waals surface area (Å²) in [5, 5.41) is 7.83. The molecule has 5 rings (SSSR count). The molecule has 1 fully saturated rings. The van der Waals surface area contributed by atoms with Crippen LogP contribution in [-0.2, 0) is 4.74 Å². The molecule has 2 aromatic heterocycles. The maximum atomic E-state index is 12.9. The zero-order valence-corrected chi connectivity index (χ0v) is 17.1. The summed E-state index contributed by atoms with van der Waals surface area (Å²) in [5.41, 5.74) is 3.60. The van der Waals surface area contributed by atoms with Crippen molar-refractivity contribution in [3.05, 3.63) is 53.4 Å². The van der Waals surface area contributed by atoms with Crippen LogP contribution in [0.4, 0.5) is 0 Å². The van der Waals surface area contributed by atoms with Crippen LogP contribution in [0.15, 0.2) is 52.4 Å². The molecule has 2 aromatic carbocycles. The fourth-order valence-corrected chi connectivity index (χ4v) is 4.26. The van der Waals surface area contributed by atoms with E-state index >= 15 is 0 Å². The molecular weight excluding hydrogens is 402 g/mol. The van der Waals surface area contributed by atoms with Crippen LogP contribution in [0.2, 0.25) is 0 Å². The van der Waals surface area contributed by atoms with Crippen molar-refractivity contribution in [3.63, 3.8) is 0 Å². The van der Waals surface area contributed by atoms with E-state index in [-0.39, 0.29) is 5.91 Å². The summed E-state index contributed by atoms with van der Waals surface area (Å²) in [6.45, 7) is 2.34. The lowest BCUT2D eigenvalue weighted by Crippen LogP contribution is -2.40. The molecule has 0 bridgehead atoms. The van der Waals surface area contributed by atoms with Crippen LogP contribution in [0.3, 0.4) is 0 Å². The fraction of sp³-hybridized carbons (Fsp3) is 0.227. The molecule has 0 radical (unpaired) electrons. The minimum Gasteiger partial charge on any atom is -0.497 e. The number of nitrogens with zero attached hydrogens (tertiary/aromatic N) is 3. The summed E-state index contributed by atoms with van der Waals surface area (Å²) < 4.78 is 16.0. The summed E-state index contributed by atoms with van der Waals surface area (Å²) in [4.78, 5) is 19.4. The lowest BCUT2D eigenvalue weighted by molar-refractivity contribution is 0.0303. The van der Waals surface area contributed by atoms with E-state index in [1.807, 2.05) is 40.6 Å². The van der Waals surface area contributed by atoms with Crippen LogP contribution >= 0.6 is 11.3 Å². The van der Waals surface area contributed by atoms with Crippen molar-refractivity contribution in [2.45, 2.75) is 0 Å². The number of hydrogen-bond acceptors (Lipinski definition) is 7. The average Bonchev–Trinajstić information content (AvgIpc) is 3.46. The second-order valence-electron chi connectivity index (χ2n) is 6.91. The smallest absolute Gasteiger partial charge is 0.254 e. The van der Waals surface area contributed by atoms with Gasteiger partial charge in [0.2, 0.25) is 0 Å². The van der Waals surface area contributed by atoms with Gasteiger partial charge in [0.05, 0.1) is 25.7 Å². The monoisotopic (exact) mass is 421 g/mol. The third-order valence-electron chi connectivity index (χ3n) is 5.10. The van der Waals surface area contributed by atoms with Crippen molar-refractivity contribution >= 4 is 28.2 Å². The van der Waals surface area contributed by atoms with E-state index < -0.39 is 0 Å². The number of hydrogen-bond donors (Lipinski definition) is 0. The van der Waals surface area contributed by atoms with Crippen LogP contribution in [-0.4, -0.2) is 54.4 Å². The molecule has 0 saturated carbocycles. The lowest BCUT2D eigenvalue weighted by atomic mass is 10.1. The highest BCUT2D eigenvalue weighted by molar-refractivity contribution is 7.13. The first kappa shape index (κ1) is 18.8. The van der Waals surface area contributed by atoms with E-state index in [0.717, 1.165) is 27.4 Å². The van der Waals surface area contributed by atoms with Gasteiger partial charge in [-0.2, -0.15) is 0 Å². The number of thiazole rings is 1. The third kappa shape index (κ3) is 3.44. The molecule has 0 N–H and O–H groups in total. The Morgan fingerprint density at radius 1 is 1.13 bits per heavy atom. The number of fused-ring (bicyclic) bond motifs is 1. The first-order chi connectivity index (χ1) is 14.7. The number of ether oxygens (including phenoxy) is 2. The highest BCUT2D eigenvalue weighted by Crippen LogP contribution is 2.33. The van der Waals surface area contributed by atoms with Crippen molar-refractivity contribution < 1.29 is 18.8 Å². The van der Waals surface area contributed by atoms with E-state index in [9.17, 15) is 4.79 Å². The van der Waals surface area contributed by atoms with Crippen LogP contribution < -0.4 is 4.74 Å². The van der Waals surface area contributed by atoms with Gasteiger partial charge in [-0.1, -0.05) is 5.16 Å². The maximum Gasteiger partial charge on any atom is 0.254 e. The van der Waals surface area contributed by atoms with Crippen molar-refractivity contribution in [1.82, 2.24) is 15.0 Å². The molecule has 1 aliphatic rings. The normalized spacial score (nSPS) is 14.2. The van der Waals surface area contributed by atoms with Gasteiger partial charge in [-0.3, -0.25) is 4.79 Å². The number of methoxy groups -OCH3 is 1. The number of benzene rings is 2. The van der Waals surface area contributed by atoms with E-state index in [0.29, 0.717) is 43.1 Å². The Labute approximate surface area is 176 Å². The second-order valence-corrected chi connectivity index (χ2v) is 7.77. The number of morpholine rings is 1. The Bertz CT molecular complexity index is 1190. The summed E-state index contributed by atoms with van der Waals surface area (Å²) in [6, 6.07) is 13.2. The molecule has 0 unspecified atom stereocenters. The van der Waals surface area contributed by atoms with E-state index in [1.165, 1.54) is 11.3 Å². The molecule has 152 valence electrons. The van der Waals surface area contributed by atoms with Gasteiger partial charge < -0.3 is 18.9 Å². The highest BCUT2D eigenvalue weighted by Gasteiger charge is 2.21. The number of aromatic nitrogens is 2. The minimum atomic E-state index is -0.00968. The molecule has 4 aromatic rings. The Hall–Kier alpha value is -3.23. The topological polar surface area (TPSA) is 77.7 Å². The zero-order valence-electron chi connectivity index (χ0n) is 16.3. The first-order valence-corrected chi connectivity index (χ1v) is 10.5. The molecule has 1 aliphatic heterocycles. The van der Waals surface area contributed by atoms with E-state index in [4.69, 9.17) is 19.0 Å². The van der Waals surface area contributed by atoms with Gasteiger partial charge in [0, 0.05) is 29.6 Å². The van der Waals surface area contributed by atoms with Crippen molar-refractivity contribution in [2.75, 3.05) is 33.4 Å². The van der Waals surface area contributed by atoms with Crippen LogP contribution in [0.1, 0.15) is 10.4 Å². The Balaban J connectivity index is 1.47. The Kier molecular flexibility index (Phi) is 4.94. The van der Waals surface area contributed by atoms with Crippen molar-refractivity contribution in [3.8, 4) is 27.7 Å². The van der Waals surface area contributed by atoms with Gasteiger partial charge in [0.15, 0.2) is 5.58 Å². The second kappa shape index (κ2) is 7.89. The quantitative estimate of drug-likeness (QED) is 0.494. The first-order valence-electron chi connectivity index (χ1n) is 9.60. The number of carbonyl (C=O) groups is 1. The van der Waals surface area contributed by atoms with E-state index in [2.05, 4.69) is 5.16 Å². The molecule has 0 aliphatic carbocycles. The average molecular weight is 421 g/mol. The molecule has 0 atom stereocenters. The minimum absolute atomic E-state index is 0.00968. The van der Waals surface area contributed by atoms with Gasteiger partial charge in [-0.25, -0.2) is 4.98 Å². The van der Waals surface area contributed by atoms with Gasteiger partial charge >= 0.3 is 0 Å². The molecule has 8 heteroatoms. The molecular formula is C22H19N3O4S. The summed E-state index contributed by atoms with van der Waals surface area (Å²) in [6.07, 6.45) is 0. The molecule has 7 nitrogen and oxygen atoms in total. The molecule has 30 heavy (non-hydrogen) atoms. The lowest BCUT2D eigenvalue weighted by Gasteiger charge is -2.26. The maximum absolute atomic E-state index is 12.9. The summed E-state index contributed by atoms with van der Waals surface area (Å²) in [5.74, 6) is 0.792. The highest BCUT2D eigenvalue weighted by atomic mass is 32.1. The summed E-state index contributed by atoms with van der Waals surface area (Å²) in [7, 11) is 1.64. The van der Waals surface area contributed by atoms with Gasteiger partial charge in [-0.15, -0.1) is 11.3 Å². The predicted molar refractivity (Wildman–Crippen MR) is 114 cm³/mol. The number of rotatable bonds is 4. The molecule has 3 heterocycles. The molecule has 1 saturated heterocycles. The van der Waals surface area contributed by atoms with Gasteiger partial charge in [0.1, 0.15) is 22.1 Å². The Morgan fingerprint density at radius 2 is 1.93 bits per heavy atom. The third-order valence-corrected chi connectivity index (χ3v) is 5.99. The SMILES string of the molecule is COc1ccc(-c2nc(-c3noc4ccc(C(=O)N5CCOCC5)cc34)cs2)cc1. The van der Waals surface area contributed by atoms with Crippen LogP contribution in [0, 0.1) is 0 Å². The van der Waals surface area contributed by atoms with Gasteiger partial charge in [-0.05, 0) is 42.5 Å². The fourth-order valence-electron chi connectivity index (χ4n) is 3.45.